The topological polar surface area (TPSA) is 17.1 Å². The van der Waals surface area contributed by atoms with E-state index in [1.807, 2.05) is 44.2 Å². The van der Waals surface area contributed by atoms with Crippen molar-refractivity contribution in [1.82, 2.24) is 0 Å². The van der Waals surface area contributed by atoms with Gasteiger partial charge in [-0.05, 0) is 56.9 Å². The Morgan fingerprint density at radius 1 is 0.800 bits per heavy atom. The quantitative estimate of drug-likeness (QED) is 0.481. The smallest absolute Gasteiger partial charge is 0.186 e. The summed E-state index contributed by atoms with van der Waals surface area (Å²) in [7, 11) is 0.131. The second kappa shape index (κ2) is 8.64. The van der Waals surface area contributed by atoms with Crippen LogP contribution >= 0.6 is 8.58 Å². The zero-order valence-corrected chi connectivity index (χ0v) is 16.3. The summed E-state index contributed by atoms with van der Waals surface area (Å²) in [6.07, 6.45) is 0. The van der Waals surface area contributed by atoms with Gasteiger partial charge in [0.05, 0.1) is 0 Å². The van der Waals surface area contributed by atoms with Crippen LogP contribution in [0.1, 0.15) is 27.0 Å². The first-order valence-corrected chi connectivity index (χ1v) is 9.10. The van der Waals surface area contributed by atoms with Gasteiger partial charge >= 0.3 is 0 Å². The molecule has 0 saturated heterocycles. The average Bonchev–Trinajstić information content (AvgIpc) is 2.55. The Labute approximate surface area is 163 Å². The van der Waals surface area contributed by atoms with Crippen LogP contribution in [0.2, 0.25) is 0 Å². The molecule has 0 amide bonds. The SMILES string of the molecule is Cc1cc(C)c(C(=O)Pc2ccccc2-c2ccccc2)c(C)c1.[Li]. The minimum Gasteiger partial charge on any atom is -0.289 e. The van der Waals surface area contributed by atoms with Crippen molar-refractivity contribution in [2.24, 2.45) is 0 Å². The van der Waals surface area contributed by atoms with E-state index in [0.717, 1.165) is 33.1 Å². The van der Waals surface area contributed by atoms with Crippen LogP contribution in [0.4, 0.5) is 0 Å². The largest absolute Gasteiger partial charge is 0.289 e. The molecule has 0 saturated carbocycles. The fourth-order valence-corrected chi connectivity index (χ4v) is 4.49. The van der Waals surface area contributed by atoms with Crippen LogP contribution in [0, 0.1) is 20.8 Å². The molecule has 25 heavy (non-hydrogen) atoms. The van der Waals surface area contributed by atoms with E-state index in [0.29, 0.717) is 0 Å². The molecule has 0 aromatic heterocycles. The fraction of sp³-hybridized carbons (Fsp3) is 0.136. The van der Waals surface area contributed by atoms with E-state index in [-0.39, 0.29) is 33.0 Å². The molecule has 1 unspecified atom stereocenters. The third-order valence-corrected chi connectivity index (χ3v) is 5.35. The van der Waals surface area contributed by atoms with Crippen molar-refractivity contribution in [1.29, 1.82) is 0 Å². The van der Waals surface area contributed by atoms with Crippen molar-refractivity contribution >= 4 is 38.3 Å². The Bertz CT molecular complexity index is 865. The second-order valence-electron chi connectivity index (χ2n) is 6.14. The maximum Gasteiger partial charge on any atom is 0.186 e. The molecule has 0 spiro atoms. The predicted molar refractivity (Wildman–Crippen MR) is 111 cm³/mol. The standard InChI is InChI=1S/C22H21OP.Li/c1-15-13-16(2)21(17(3)14-15)22(23)24-20-12-8-7-11-19(20)18-9-5-4-6-10-18;/h4-14,24H,1-3H3;. The van der Waals surface area contributed by atoms with Gasteiger partial charge in [0.1, 0.15) is 0 Å². The van der Waals surface area contributed by atoms with Gasteiger partial charge in [0.2, 0.25) is 0 Å². The monoisotopic (exact) mass is 339 g/mol. The first-order valence-electron chi connectivity index (χ1n) is 8.10. The third kappa shape index (κ3) is 4.50. The maximum absolute atomic E-state index is 13.0. The van der Waals surface area contributed by atoms with E-state index in [1.165, 1.54) is 5.56 Å². The summed E-state index contributed by atoms with van der Waals surface area (Å²) in [6, 6.07) is 22.7. The van der Waals surface area contributed by atoms with Gasteiger partial charge in [-0.25, -0.2) is 0 Å². The molecule has 3 aromatic rings. The molecule has 0 fully saturated rings. The van der Waals surface area contributed by atoms with Gasteiger partial charge in [-0.1, -0.05) is 72.3 Å². The molecule has 3 rings (SSSR count). The Morgan fingerprint density at radius 3 is 2.00 bits per heavy atom. The predicted octanol–water partition coefficient (Wildman–Crippen LogP) is 5.04. The van der Waals surface area contributed by atoms with Crippen molar-refractivity contribution in [3.05, 3.63) is 89.0 Å². The molecule has 0 aliphatic heterocycles. The van der Waals surface area contributed by atoms with Gasteiger partial charge < -0.3 is 0 Å². The molecule has 1 nitrogen and oxygen atoms in total. The Hall–Kier alpha value is -1.64. The van der Waals surface area contributed by atoms with Crippen LogP contribution in [-0.2, 0) is 0 Å². The van der Waals surface area contributed by atoms with Gasteiger partial charge in [-0.15, -0.1) is 0 Å². The normalized spacial score (nSPS) is 10.7. The number of hydrogen-bond acceptors (Lipinski definition) is 1. The number of rotatable bonds is 4. The molecular weight excluding hydrogens is 318 g/mol. The maximum atomic E-state index is 13.0. The Balaban J connectivity index is 0.00000225. The van der Waals surface area contributed by atoms with Crippen LogP contribution in [0.15, 0.2) is 66.7 Å². The number of hydrogen-bond donors (Lipinski definition) is 0. The number of aryl methyl sites for hydroxylation is 3. The summed E-state index contributed by atoms with van der Waals surface area (Å²) >= 11 is 0. The number of carbonyl (C=O) groups excluding carboxylic acids is 1. The van der Waals surface area contributed by atoms with Crippen LogP contribution in [0.25, 0.3) is 11.1 Å². The molecule has 121 valence electrons. The van der Waals surface area contributed by atoms with Gasteiger partial charge in [-0.3, -0.25) is 4.79 Å². The zero-order chi connectivity index (χ0) is 17.1. The zero-order valence-electron chi connectivity index (χ0n) is 15.3. The van der Waals surface area contributed by atoms with E-state index in [9.17, 15) is 4.79 Å². The van der Waals surface area contributed by atoms with Crippen molar-refractivity contribution < 1.29 is 4.79 Å². The van der Waals surface area contributed by atoms with Crippen molar-refractivity contribution in [3.63, 3.8) is 0 Å². The van der Waals surface area contributed by atoms with E-state index in [1.54, 1.807) is 0 Å². The van der Waals surface area contributed by atoms with Crippen LogP contribution in [0.5, 0.6) is 0 Å². The molecule has 0 aliphatic rings. The van der Waals surface area contributed by atoms with E-state index < -0.39 is 0 Å². The molecule has 0 heterocycles. The molecule has 3 heteroatoms. The van der Waals surface area contributed by atoms with Gasteiger partial charge in [0, 0.05) is 24.4 Å². The fourth-order valence-electron chi connectivity index (χ4n) is 3.18. The third-order valence-electron chi connectivity index (χ3n) is 4.16. The van der Waals surface area contributed by atoms with Crippen LogP contribution in [0.3, 0.4) is 0 Å². The molecule has 1 atom stereocenters. The van der Waals surface area contributed by atoms with Gasteiger partial charge in [0.25, 0.3) is 0 Å². The van der Waals surface area contributed by atoms with E-state index >= 15 is 0 Å². The first kappa shape index (κ1) is 19.7. The average molecular weight is 339 g/mol. The van der Waals surface area contributed by atoms with E-state index in [2.05, 4.69) is 43.3 Å². The Kier molecular flexibility index (Phi) is 6.80. The van der Waals surface area contributed by atoms with Gasteiger partial charge in [0.15, 0.2) is 5.52 Å². The first-order chi connectivity index (χ1) is 11.6. The summed E-state index contributed by atoms with van der Waals surface area (Å²) in [5.74, 6) is 0. The summed E-state index contributed by atoms with van der Waals surface area (Å²) in [6.45, 7) is 6.13. The summed E-state index contributed by atoms with van der Waals surface area (Å²) in [4.78, 5) is 13.0. The number of benzene rings is 3. The minimum absolute atomic E-state index is 0. The van der Waals surface area contributed by atoms with Gasteiger partial charge in [-0.2, -0.15) is 0 Å². The molecular formula is C22H21LiOP. The van der Waals surface area contributed by atoms with Crippen LogP contribution < -0.4 is 5.30 Å². The van der Waals surface area contributed by atoms with Crippen LogP contribution in [-0.4, -0.2) is 24.4 Å². The summed E-state index contributed by atoms with van der Waals surface area (Å²) in [5, 5.41) is 1.10. The van der Waals surface area contributed by atoms with Crippen molar-refractivity contribution in [2.45, 2.75) is 20.8 Å². The summed E-state index contributed by atoms with van der Waals surface area (Å²) < 4.78 is 0. The summed E-state index contributed by atoms with van der Waals surface area (Å²) in [5.41, 5.74) is 6.74. The molecule has 0 bridgehead atoms. The molecule has 1 radical (unpaired) electrons. The molecule has 0 N–H and O–H groups in total. The second-order valence-corrected chi connectivity index (χ2v) is 7.38. The van der Waals surface area contributed by atoms with E-state index in [4.69, 9.17) is 0 Å². The molecule has 3 aromatic carbocycles. The molecule has 0 aliphatic carbocycles. The van der Waals surface area contributed by atoms with Crippen molar-refractivity contribution in [3.8, 4) is 11.1 Å². The minimum atomic E-state index is 0. The number of carbonyl (C=O) groups is 1. The van der Waals surface area contributed by atoms with Crippen molar-refractivity contribution in [2.75, 3.05) is 0 Å². The Morgan fingerprint density at radius 2 is 1.36 bits per heavy atom.